The summed E-state index contributed by atoms with van der Waals surface area (Å²) in [5, 5.41) is 0.896. The summed E-state index contributed by atoms with van der Waals surface area (Å²) in [5.74, 6) is -0.293. The van der Waals surface area contributed by atoms with Gasteiger partial charge in [-0.1, -0.05) is 17.7 Å². The molecular weight excluding hydrogens is 557 g/mol. The van der Waals surface area contributed by atoms with E-state index >= 15 is 0 Å². The molecule has 5 rings (SSSR count). The minimum absolute atomic E-state index is 0.0535. The molecule has 0 radical (unpaired) electrons. The number of amides is 1. The number of esters is 1. The van der Waals surface area contributed by atoms with Crippen LogP contribution in [-0.2, 0) is 10.3 Å². The summed E-state index contributed by atoms with van der Waals surface area (Å²) in [5.41, 5.74) is 4.07. The Balaban J connectivity index is 1.41. The van der Waals surface area contributed by atoms with E-state index in [9.17, 15) is 14.0 Å². The Morgan fingerprint density at radius 2 is 1.86 bits per heavy atom. The molecule has 0 aliphatic carbocycles. The van der Waals surface area contributed by atoms with Crippen LogP contribution in [0.5, 0.6) is 0 Å². The number of halogens is 2. The van der Waals surface area contributed by atoms with E-state index in [1.54, 1.807) is 25.1 Å². The number of methoxy groups -OCH3 is 1. The second kappa shape index (κ2) is 11.0. The maximum atomic E-state index is 14.3. The van der Waals surface area contributed by atoms with Crippen LogP contribution in [0.3, 0.4) is 0 Å². The monoisotopic (exact) mass is 591 g/mol. The zero-order valence-corrected chi connectivity index (χ0v) is 25.7. The quantitative estimate of drug-likeness (QED) is 0.250. The van der Waals surface area contributed by atoms with E-state index in [0.29, 0.717) is 41.3 Å². The Kier molecular flexibility index (Phi) is 7.74. The molecule has 4 aromatic rings. The fourth-order valence-electron chi connectivity index (χ4n) is 5.62. The van der Waals surface area contributed by atoms with E-state index in [-0.39, 0.29) is 22.5 Å². The Morgan fingerprint density at radius 1 is 1.12 bits per heavy atom. The minimum Gasteiger partial charge on any atom is -0.465 e. The number of benzene rings is 1. The molecule has 8 nitrogen and oxygen atoms in total. The molecule has 1 fully saturated rings. The van der Waals surface area contributed by atoms with Gasteiger partial charge in [0.15, 0.2) is 0 Å². The molecule has 0 N–H and O–H groups in total. The van der Waals surface area contributed by atoms with Crippen molar-refractivity contribution in [2.75, 3.05) is 32.1 Å². The molecule has 1 atom stereocenters. The topological polar surface area (TPSA) is 80.6 Å². The summed E-state index contributed by atoms with van der Waals surface area (Å²) in [7, 11) is 3.32. The highest BCUT2D eigenvalue weighted by Crippen LogP contribution is 2.35. The molecule has 0 saturated carbocycles. The number of carbonyl (C=O) groups excluding carboxylic acids is 2. The second-order valence-corrected chi connectivity index (χ2v) is 12.2. The summed E-state index contributed by atoms with van der Waals surface area (Å²) in [6.45, 7) is 10.9. The predicted molar refractivity (Wildman–Crippen MR) is 163 cm³/mol. The largest absolute Gasteiger partial charge is 0.465 e. The number of likely N-dealkylation sites (N-methyl/N-ethyl adjacent to an activating group) is 1. The van der Waals surface area contributed by atoms with Gasteiger partial charge in [0.1, 0.15) is 23.0 Å². The fourth-order valence-corrected chi connectivity index (χ4v) is 5.74. The molecule has 10 heteroatoms. The standard InChI is InChI=1S/C32H35ClFN5O3/c1-18-14-27(35-19(2)28(18)31(41)42-7)37(6)21-12-13-38(16-21)30(40)26-11-9-22-23(20-8-10-24(33)25(34)15-20)17-39(29(22)36-26)32(3,4)5/h8-11,14-15,17,21H,12-13,16H2,1-7H3/t21-/m1/s1. The lowest BCUT2D eigenvalue weighted by molar-refractivity contribution is 0.0598. The van der Waals surface area contributed by atoms with Gasteiger partial charge in [0.2, 0.25) is 0 Å². The number of fused-ring (bicyclic) bond motifs is 1. The maximum Gasteiger partial charge on any atom is 0.339 e. The van der Waals surface area contributed by atoms with Crippen LogP contribution in [0.25, 0.3) is 22.2 Å². The minimum atomic E-state index is -0.487. The first-order valence-corrected chi connectivity index (χ1v) is 14.2. The van der Waals surface area contributed by atoms with Crippen molar-refractivity contribution in [3.05, 3.63) is 75.9 Å². The molecule has 1 aliphatic heterocycles. The summed E-state index contributed by atoms with van der Waals surface area (Å²) < 4.78 is 21.2. The Morgan fingerprint density at radius 3 is 2.50 bits per heavy atom. The van der Waals surface area contributed by atoms with Gasteiger partial charge in [-0.05, 0) is 82.5 Å². The van der Waals surface area contributed by atoms with E-state index in [2.05, 4.69) is 30.7 Å². The summed E-state index contributed by atoms with van der Waals surface area (Å²) in [6, 6.07) is 10.3. The third-order valence-electron chi connectivity index (χ3n) is 7.96. The van der Waals surface area contributed by atoms with Crippen LogP contribution < -0.4 is 4.90 Å². The zero-order chi connectivity index (χ0) is 30.5. The SMILES string of the molecule is COC(=O)c1c(C)cc(N(C)[C@@H]2CCN(C(=O)c3ccc4c(-c5ccc(Cl)c(F)c5)cn(C(C)(C)C)c4n3)C2)nc1C. The Bertz CT molecular complexity index is 1690. The Labute approximate surface area is 250 Å². The van der Waals surface area contributed by atoms with Crippen molar-refractivity contribution in [2.45, 2.75) is 52.6 Å². The van der Waals surface area contributed by atoms with Crippen LogP contribution in [0.15, 0.2) is 42.6 Å². The lowest BCUT2D eigenvalue weighted by Crippen LogP contribution is -2.37. The number of rotatable bonds is 5. The summed E-state index contributed by atoms with van der Waals surface area (Å²) in [4.78, 5) is 39.2. The number of anilines is 1. The normalized spacial score (nSPS) is 15.4. The molecule has 1 aromatic carbocycles. The van der Waals surface area contributed by atoms with Crippen LogP contribution in [0.1, 0.15) is 59.3 Å². The van der Waals surface area contributed by atoms with E-state index in [4.69, 9.17) is 21.3 Å². The molecule has 4 heterocycles. The maximum absolute atomic E-state index is 14.3. The lowest BCUT2D eigenvalue weighted by Gasteiger charge is -2.27. The third kappa shape index (κ3) is 5.33. The Hall–Kier alpha value is -3.98. The van der Waals surface area contributed by atoms with Gasteiger partial charge in [0.05, 0.1) is 23.4 Å². The van der Waals surface area contributed by atoms with E-state index < -0.39 is 11.8 Å². The van der Waals surface area contributed by atoms with Crippen molar-refractivity contribution in [2.24, 2.45) is 0 Å². The molecule has 1 saturated heterocycles. The van der Waals surface area contributed by atoms with Crippen LogP contribution in [0.2, 0.25) is 5.02 Å². The number of ether oxygens (including phenoxy) is 1. The van der Waals surface area contributed by atoms with E-state index in [0.717, 1.165) is 28.8 Å². The molecule has 1 aliphatic rings. The van der Waals surface area contributed by atoms with Crippen molar-refractivity contribution < 1.29 is 18.7 Å². The first-order chi connectivity index (χ1) is 19.8. The number of aromatic nitrogens is 3. The first-order valence-electron chi connectivity index (χ1n) is 13.9. The lowest BCUT2D eigenvalue weighted by atomic mass is 10.1. The summed E-state index contributed by atoms with van der Waals surface area (Å²) >= 11 is 5.93. The number of pyridine rings is 2. The molecule has 1 amide bonds. The molecule has 0 spiro atoms. The van der Waals surface area contributed by atoms with E-state index in [1.165, 1.54) is 13.2 Å². The van der Waals surface area contributed by atoms with Gasteiger partial charge in [-0.3, -0.25) is 4.79 Å². The zero-order valence-electron chi connectivity index (χ0n) is 25.0. The highest BCUT2D eigenvalue weighted by molar-refractivity contribution is 6.30. The second-order valence-electron chi connectivity index (χ2n) is 11.8. The first kappa shape index (κ1) is 29.5. The number of aryl methyl sites for hydroxylation is 2. The van der Waals surface area contributed by atoms with Crippen molar-refractivity contribution in [1.82, 2.24) is 19.4 Å². The molecule has 220 valence electrons. The number of hydrogen-bond acceptors (Lipinski definition) is 6. The molecule has 0 bridgehead atoms. The molecule has 42 heavy (non-hydrogen) atoms. The summed E-state index contributed by atoms with van der Waals surface area (Å²) in [6.07, 6.45) is 2.73. The number of likely N-dealkylation sites (tertiary alicyclic amines) is 1. The van der Waals surface area contributed by atoms with Gasteiger partial charge < -0.3 is 19.1 Å². The van der Waals surface area contributed by atoms with Crippen molar-refractivity contribution in [1.29, 1.82) is 0 Å². The van der Waals surface area contributed by atoms with Crippen molar-refractivity contribution in [3.63, 3.8) is 0 Å². The molecule has 0 unspecified atom stereocenters. The van der Waals surface area contributed by atoms with Gasteiger partial charge in [0, 0.05) is 48.9 Å². The van der Waals surface area contributed by atoms with Crippen LogP contribution in [-0.4, -0.2) is 64.6 Å². The fraction of sp³-hybridized carbons (Fsp3) is 0.375. The van der Waals surface area contributed by atoms with Crippen LogP contribution >= 0.6 is 11.6 Å². The van der Waals surface area contributed by atoms with Gasteiger partial charge in [-0.2, -0.15) is 0 Å². The average molecular weight is 592 g/mol. The number of hydrogen-bond donors (Lipinski definition) is 0. The number of nitrogens with zero attached hydrogens (tertiary/aromatic N) is 5. The highest BCUT2D eigenvalue weighted by Gasteiger charge is 2.32. The third-order valence-corrected chi connectivity index (χ3v) is 8.26. The van der Waals surface area contributed by atoms with Crippen LogP contribution in [0, 0.1) is 19.7 Å². The predicted octanol–water partition coefficient (Wildman–Crippen LogP) is 6.40. The highest BCUT2D eigenvalue weighted by atomic mass is 35.5. The number of carbonyl (C=O) groups is 2. The van der Waals surface area contributed by atoms with E-state index in [1.807, 2.05) is 41.8 Å². The molecule has 3 aromatic heterocycles. The van der Waals surface area contributed by atoms with Crippen molar-refractivity contribution >= 4 is 40.3 Å². The van der Waals surface area contributed by atoms with Gasteiger partial charge in [-0.25, -0.2) is 19.2 Å². The smallest absolute Gasteiger partial charge is 0.339 e. The van der Waals surface area contributed by atoms with Gasteiger partial charge in [0.25, 0.3) is 5.91 Å². The van der Waals surface area contributed by atoms with Gasteiger partial charge in [-0.15, -0.1) is 0 Å². The average Bonchev–Trinajstić information content (AvgIpc) is 3.58. The van der Waals surface area contributed by atoms with Crippen molar-refractivity contribution in [3.8, 4) is 11.1 Å². The molecular formula is C32H35ClFN5O3. The van der Waals surface area contributed by atoms with Crippen LogP contribution in [0.4, 0.5) is 10.2 Å². The van der Waals surface area contributed by atoms with Gasteiger partial charge >= 0.3 is 5.97 Å².